The minimum absolute atomic E-state index is 0.291. The van der Waals surface area contributed by atoms with E-state index < -0.39 is 11.9 Å². The molecule has 4 rings (SSSR count). The highest BCUT2D eigenvalue weighted by molar-refractivity contribution is 7.98. The molecule has 1 aliphatic rings. The van der Waals surface area contributed by atoms with Crippen LogP contribution in [-0.2, 0) is 10.5 Å². The number of aromatic nitrogens is 3. The first kappa shape index (κ1) is 23.4. The first-order valence-electron chi connectivity index (χ1n) is 10.3. The molecule has 0 bridgehead atoms. The number of hydrogen-bond acceptors (Lipinski definition) is 8. The van der Waals surface area contributed by atoms with Gasteiger partial charge in [-0.25, -0.2) is 9.07 Å². The van der Waals surface area contributed by atoms with Crippen molar-refractivity contribution in [2.45, 2.75) is 23.9 Å². The summed E-state index contributed by atoms with van der Waals surface area (Å²) in [5.74, 6) is 1.15. The molecule has 0 unspecified atom stereocenters. The Hall–Kier alpha value is -3.73. The lowest BCUT2D eigenvalue weighted by molar-refractivity contribution is -0.115. The zero-order valence-electron chi connectivity index (χ0n) is 19.1. The Labute approximate surface area is 200 Å². The molecule has 0 aliphatic carbocycles. The molecular formula is C23H24FN5O4S. The van der Waals surface area contributed by atoms with Crippen LogP contribution in [0.4, 0.5) is 10.3 Å². The Balaban J connectivity index is 1.78. The largest absolute Gasteiger partial charge is 0.493 e. The highest BCUT2D eigenvalue weighted by Crippen LogP contribution is 2.44. The van der Waals surface area contributed by atoms with Crippen LogP contribution >= 0.6 is 11.8 Å². The number of carbonyl (C=O) groups is 1. The fraction of sp³-hybridized carbons (Fsp3) is 0.261. The number of fused-ring (bicyclic) bond motifs is 1. The quantitative estimate of drug-likeness (QED) is 0.466. The van der Waals surface area contributed by atoms with Gasteiger partial charge in [0.25, 0.3) is 0 Å². The average molecular weight is 486 g/mol. The van der Waals surface area contributed by atoms with E-state index in [1.807, 2.05) is 0 Å². The van der Waals surface area contributed by atoms with E-state index in [2.05, 4.69) is 15.4 Å². The molecule has 0 radical (unpaired) electrons. The maximum Gasteiger partial charge on any atom is 0.248 e. The van der Waals surface area contributed by atoms with Gasteiger partial charge in [-0.1, -0.05) is 30.0 Å². The van der Waals surface area contributed by atoms with Crippen molar-refractivity contribution in [1.82, 2.24) is 14.8 Å². The van der Waals surface area contributed by atoms with E-state index in [1.165, 1.54) is 39.2 Å². The summed E-state index contributed by atoms with van der Waals surface area (Å²) >= 11 is 1.28. The van der Waals surface area contributed by atoms with Crippen molar-refractivity contribution < 1.29 is 23.4 Å². The number of allylic oxidation sites excluding steroid dienone is 1. The van der Waals surface area contributed by atoms with Gasteiger partial charge in [-0.15, -0.1) is 5.10 Å². The number of halogens is 1. The van der Waals surface area contributed by atoms with E-state index in [0.29, 0.717) is 56.5 Å². The molecule has 3 N–H and O–H groups in total. The van der Waals surface area contributed by atoms with Gasteiger partial charge in [0.2, 0.25) is 22.8 Å². The van der Waals surface area contributed by atoms with Crippen molar-refractivity contribution in [3.63, 3.8) is 0 Å². The second-order valence-corrected chi connectivity index (χ2v) is 8.37. The van der Waals surface area contributed by atoms with Crippen molar-refractivity contribution in [3.05, 3.63) is 64.6 Å². The maximum absolute atomic E-state index is 14.0. The lowest BCUT2D eigenvalue weighted by Crippen LogP contribution is -2.31. The number of benzene rings is 2. The number of ether oxygens (including phenoxy) is 3. The highest BCUT2D eigenvalue weighted by atomic mass is 32.2. The minimum atomic E-state index is -0.697. The maximum atomic E-state index is 14.0. The topological polar surface area (TPSA) is 114 Å². The predicted octanol–water partition coefficient (Wildman–Crippen LogP) is 3.51. The summed E-state index contributed by atoms with van der Waals surface area (Å²) in [7, 11) is 4.54. The zero-order chi connectivity index (χ0) is 24.4. The van der Waals surface area contributed by atoms with Crippen molar-refractivity contribution in [1.29, 1.82) is 0 Å². The van der Waals surface area contributed by atoms with Gasteiger partial charge in [-0.3, -0.25) is 4.79 Å². The van der Waals surface area contributed by atoms with Crippen LogP contribution in [0, 0.1) is 5.82 Å². The van der Waals surface area contributed by atoms with E-state index in [1.54, 1.807) is 41.9 Å². The lowest BCUT2D eigenvalue weighted by atomic mass is 9.94. The Bertz CT molecular complexity index is 1250. The molecule has 0 saturated heterocycles. The van der Waals surface area contributed by atoms with Gasteiger partial charge in [0.1, 0.15) is 11.9 Å². The molecular weight excluding hydrogens is 461 g/mol. The van der Waals surface area contributed by atoms with E-state index in [4.69, 9.17) is 19.9 Å². The van der Waals surface area contributed by atoms with Crippen molar-refractivity contribution in [3.8, 4) is 17.2 Å². The average Bonchev–Trinajstić information content (AvgIpc) is 3.23. The molecule has 0 spiro atoms. The first-order chi connectivity index (χ1) is 16.4. The number of nitrogens with zero attached hydrogens (tertiary/aromatic N) is 3. The van der Waals surface area contributed by atoms with Crippen LogP contribution in [0.1, 0.15) is 24.1 Å². The number of hydrogen-bond donors (Lipinski definition) is 2. The molecule has 3 aromatic rings. The van der Waals surface area contributed by atoms with Crippen LogP contribution in [0.15, 0.2) is 52.8 Å². The van der Waals surface area contributed by atoms with E-state index in [-0.39, 0.29) is 5.82 Å². The third-order valence-corrected chi connectivity index (χ3v) is 6.30. The number of anilines is 1. The van der Waals surface area contributed by atoms with Crippen molar-refractivity contribution >= 4 is 23.6 Å². The van der Waals surface area contributed by atoms with Gasteiger partial charge in [-0.2, -0.15) is 4.98 Å². The van der Waals surface area contributed by atoms with Gasteiger partial charge in [0, 0.05) is 11.4 Å². The van der Waals surface area contributed by atoms with Gasteiger partial charge < -0.3 is 25.3 Å². The number of nitrogens with one attached hydrogen (secondary N) is 1. The molecule has 9 nitrogen and oxygen atoms in total. The minimum Gasteiger partial charge on any atom is -0.493 e. The summed E-state index contributed by atoms with van der Waals surface area (Å²) in [5.41, 5.74) is 7.82. The van der Waals surface area contributed by atoms with Gasteiger partial charge in [0.15, 0.2) is 11.5 Å². The Morgan fingerprint density at radius 2 is 1.85 bits per heavy atom. The van der Waals surface area contributed by atoms with E-state index in [0.717, 1.165) is 0 Å². The van der Waals surface area contributed by atoms with Crippen LogP contribution in [-0.4, -0.2) is 42.0 Å². The molecule has 1 aromatic heterocycles. The summed E-state index contributed by atoms with van der Waals surface area (Å²) < 4.78 is 32.0. The predicted molar refractivity (Wildman–Crippen MR) is 126 cm³/mol. The van der Waals surface area contributed by atoms with Gasteiger partial charge in [-0.05, 0) is 36.2 Å². The van der Waals surface area contributed by atoms with E-state index in [9.17, 15) is 9.18 Å². The highest BCUT2D eigenvalue weighted by Gasteiger charge is 2.34. The van der Waals surface area contributed by atoms with E-state index >= 15 is 0 Å². The Morgan fingerprint density at radius 1 is 1.18 bits per heavy atom. The van der Waals surface area contributed by atoms with Crippen molar-refractivity contribution in [2.75, 3.05) is 26.6 Å². The number of amides is 1. The fourth-order valence-electron chi connectivity index (χ4n) is 3.84. The number of nitrogens with two attached hydrogens (primary N) is 1. The molecule has 0 fully saturated rings. The zero-order valence-corrected chi connectivity index (χ0v) is 19.9. The standard InChI is InChI=1S/C23H24FN5O4S/c1-12-18(21(25)30)19(14-9-16(31-2)20(33-4)17(10-14)32-3)29-22(26-12)27-23(28-29)34-11-13-7-5-6-8-15(13)24/h5-10,19H,11H2,1-4H3,(H2,25,30)(H,26,27,28)/t19-/m1/s1. The normalized spacial score (nSPS) is 14.9. The fourth-order valence-corrected chi connectivity index (χ4v) is 4.65. The smallest absolute Gasteiger partial charge is 0.248 e. The number of rotatable bonds is 8. The second kappa shape index (κ2) is 9.64. The first-order valence-corrected chi connectivity index (χ1v) is 11.3. The summed E-state index contributed by atoms with van der Waals surface area (Å²) in [5, 5.41) is 8.12. The molecule has 178 valence electrons. The summed E-state index contributed by atoms with van der Waals surface area (Å²) in [4.78, 5) is 17.0. The monoisotopic (exact) mass is 485 g/mol. The van der Waals surface area contributed by atoms with Crippen LogP contribution in [0.5, 0.6) is 17.2 Å². The Morgan fingerprint density at radius 3 is 2.44 bits per heavy atom. The molecule has 2 heterocycles. The number of methoxy groups -OCH3 is 3. The third kappa shape index (κ3) is 4.26. The second-order valence-electron chi connectivity index (χ2n) is 7.43. The Kier molecular flexibility index (Phi) is 6.64. The molecule has 2 aromatic carbocycles. The van der Waals surface area contributed by atoms with Crippen molar-refractivity contribution in [2.24, 2.45) is 5.73 Å². The van der Waals surface area contributed by atoms with Crippen LogP contribution in [0.3, 0.4) is 0 Å². The molecule has 11 heteroatoms. The van der Waals surface area contributed by atoms with Gasteiger partial charge >= 0.3 is 0 Å². The SMILES string of the molecule is COc1cc([C@@H]2C(C(N)=O)=C(C)Nc3nc(SCc4ccccc4F)nn32)cc(OC)c1OC. The number of primary amides is 1. The van der Waals surface area contributed by atoms with Gasteiger partial charge in [0.05, 0.1) is 26.9 Å². The molecule has 34 heavy (non-hydrogen) atoms. The lowest BCUT2D eigenvalue weighted by Gasteiger charge is -2.28. The summed E-state index contributed by atoms with van der Waals surface area (Å²) in [6.07, 6.45) is 0. The van der Waals surface area contributed by atoms with Crippen LogP contribution < -0.4 is 25.3 Å². The summed E-state index contributed by atoms with van der Waals surface area (Å²) in [6, 6.07) is 9.33. The molecule has 1 atom stereocenters. The number of carbonyl (C=O) groups excluding carboxylic acids is 1. The molecule has 1 aliphatic heterocycles. The van der Waals surface area contributed by atoms with Crippen LogP contribution in [0.25, 0.3) is 0 Å². The third-order valence-electron chi connectivity index (χ3n) is 5.42. The molecule has 0 saturated carbocycles. The molecule has 1 amide bonds. The summed E-state index contributed by atoms with van der Waals surface area (Å²) in [6.45, 7) is 1.75. The van der Waals surface area contributed by atoms with Crippen LogP contribution in [0.2, 0.25) is 0 Å². The number of thioether (sulfide) groups is 1.